The monoisotopic (exact) mass is 455 g/mol. The van der Waals surface area contributed by atoms with E-state index in [0.717, 1.165) is 17.2 Å². The molecule has 7 nitrogen and oxygen atoms in total. The van der Waals surface area contributed by atoms with Crippen LogP contribution in [-0.2, 0) is 15.8 Å². The van der Waals surface area contributed by atoms with Gasteiger partial charge in [-0.1, -0.05) is 29.8 Å². The summed E-state index contributed by atoms with van der Waals surface area (Å²) < 4.78 is 40.5. The van der Waals surface area contributed by atoms with E-state index in [9.17, 15) is 12.8 Å². The van der Waals surface area contributed by atoms with Gasteiger partial charge in [0.1, 0.15) is 11.6 Å². The molecule has 4 rings (SSSR count). The van der Waals surface area contributed by atoms with Crippen LogP contribution in [0.2, 0.25) is 0 Å². The first-order chi connectivity index (χ1) is 15.3. The third-order valence-electron chi connectivity index (χ3n) is 5.34. The molecule has 168 valence electrons. The summed E-state index contributed by atoms with van der Waals surface area (Å²) in [6.07, 6.45) is 0. The lowest BCUT2D eigenvalue weighted by Gasteiger charge is -2.34. The van der Waals surface area contributed by atoms with Gasteiger partial charge in [-0.25, -0.2) is 17.8 Å². The maximum absolute atomic E-state index is 13.4. The predicted molar refractivity (Wildman–Crippen MR) is 124 cm³/mol. The van der Waals surface area contributed by atoms with E-state index in [1.165, 1.54) is 28.1 Å². The number of piperazine rings is 1. The van der Waals surface area contributed by atoms with Crippen molar-refractivity contribution in [2.75, 3.05) is 36.4 Å². The van der Waals surface area contributed by atoms with Crippen molar-refractivity contribution in [1.82, 2.24) is 14.3 Å². The Morgan fingerprint density at radius 1 is 0.969 bits per heavy atom. The van der Waals surface area contributed by atoms with Gasteiger partial charge in [0.2, 0.25) is 16.0 Å². The quantitative estimate of drug-likeness (QED) is 0.612. The minimum Gasteiger partial charge on any atom is -0.354 e. The zero-order chi connectivity index (χ0) is 22.7. The fourth-order valence-corrected chi connectivity index (χ4v) is 5.16. The molecule has 1 aromatic heterocycles. The molecule has 0 unspecified atom stereocenters. The third-order valence-corrected chi connectivity index (χ3v) is 7.19. The molecule has 0 aliphatic carbocycles. The Morgan fingerprint density at radius 2 is 1.69 bits per heavy atom. The van der Waals surface area contributed by atoms with E-state index in [4.69, 9.17) is 0 Å². The highest BCUT2D eigenvalue weighted by Gasteiger charge is 2.28. The highest BCUT2D eigenvalue weighted by molar-refractivity contribution is 7.88. The van der Waals surface area contributed by atoms with Crippen LogP contribution in [0.5, 0.6) is 0 Å². The van der Waals surface area contributed by atoms with Crippen molar-refractivity contribution < 1.29 is 12.8 Å². The Hall–Kier alpha value is -3.04. The van der Waals surface area contributed by atoms with E-state index < -0.39 is 15.8 Å². The Morgan fingerprint density at radius 3 is 2.38 bits per heavy atom. The predicted octanol–water partition coefficient (Wildman–Crippen LogP) is 3.63. The standard InChI is InChI=1S/C23H26FN5O2S/c1-17-6-8-21(9-7-17)26-23-25-18(2)14-22(27-23)28-10-12-29(13-11-28)32(30,31)16-19-4-3-5-20(24)15-19/h3-9,14-15H,10-13,16H2,1-2H3,(H,25,26,27). The average Bonchev–Trinajstić information content (AvgIpc) is 2.75. The zero-order valence-electron chi connectivity index (χ0n) is 18.1. The molecule has 32 heavy (non-hydrogen) atoms. The summed E-state index contributed by atoms with van der Waals surface area (Å²) in [4.78, 5) is 11.2. The summed E-state index contributed by atoms with van der Waals surface area (Å²) in [6.45, 7) is 5.67. The van der Waals surface area contributed by atoms with Crippen molar-refractivity contribution in [3.63, 3.8) is 0 Å². The average molecular weight is 456 g/mol. The summed E-state index contributed by atoms with van der Waals surface area (Å²) >= 11 is 0. The first kappa shape index (κ1) is 22.2. The highest BCUT2D eigenvalue weighted by atomic mass is 32.2. The molecule has 2 aromatic carbocycles. The van der Waals surface area contributed by atoms with Crippen LogP contribution in [0.3, 0.4) is 0 Å². The minimum atomic E-state index is -3.52. The number of sulfonamides is 1. The van der Waals surface area contributed by atoms with Crippen molar-refractivity contribution in [2.45, 2.75) is 19.6 Å². The lowest BCUT2D eigenvalue weighted by Crippen LogP contribution is -2.49. The Labute approximate surface area is 188 Å². The maximum Gasteiger partial charge on any atom is 0.229 e. The molecule has 0 spiro atoms. The Bertz CT molecular complexity index is 1190. The second kappa shape index (κ2) is 9.22. The molecule has 1 aliphatic rings. The van der Waals surface area contributed by atoms with Crippen LogP contribution in [0.1, 0.15) is 16.8 Å². The molecule has 2 heterocycles. The van der Waals surface area contributed by atoms with Gasteiger partial charge in [-0.05, 0) is 43.7 Å². The van der Waals surface area contributed by atoms with Crippen molar-refractivity contribution in [3.05, 3.63) is 77.2 Å². The Kier molecular flexibility index (Phi) is 6.38. The van der Waals surface area contributed by atoms with Gasteiger partial charge in [-0.3, -0.25) is 0 Å². The highest BCUT2D eigenvalue weighted by Crippen LogP contribution is 2.21. The largest absolute Gasteiger partial charge is 0.354 e. The van der Waals surface area contributed by atoms with Crippen LogP contribution in [-0.4, -0.2) is 48.9 Å². The van der Waals surface area contributed by atoms with E-state index in [1.54, 1.807) is 6.07 Å². The SMILES string of the molecule is Cc1ccc(Nc2nc(C)cc(N3CCN(S(=O)(=O)Cc4cccc(F)c4)CC3)n2)cc1. The van der Waals surface area contributed by atoms with Crippen molar-refractivity contribution in [3.8, 4) is 0 Å². The first-order valence-corrected chi connectivity index (χ1v) is 12.1. The van der Waals surface area contributed by atoms with Crippen LogP contribution in [0, 0.1) is 19.7 Å². The summed E-state index contributed by atoms with van der Waals surface area (Å²) in [5.74, 6) is 0.623. The topological polar surface area (TPSA) is 78.4 Å². The van der Waals surface area contributed by atoms with Gasteiger partial charge in [0.25, 0.3) is 0 Å². The minimum absolute atomic E-state index is 0.206. The molecule has 0 atom stereocenters. The number of anilines is 3. The van der Waals surface area contributed by atoms with Crippen LogP contribution >= 0.6 is 0 Å². The molecule has 1 saturated heterocycles. The molecule has 0 saturated carbocycles. The molecule has 9 heteroatoms. The number of rotatable bonds is 6. The molecular weight excluding hydrogens is 429 g/mol. The van der Waals surface area contributed by atoms with E-state index in [-0.39, 0.29) is 5.75 Å². The lowest BCUT2D eigenvalue weighted by atomic mass is 10.2. The third kappa shape index (κ3) is 5.41. The molecule has 1 fully saturated rings. The van der Waals surface area contributed by atoms with Gasteiger partial charge < -0.3 is 10.2 Å². The Balaban J connectivity index is 1.42. The fraction of sp³-hybridized carbons (Fsp3) is 0.304. The first-order valence-electron chi connectivity index (χ1n) is 10.5. The van der Waals surface area contributed by atoms with E-state index in [2.05, 4.69) is 20.2 Å². The van der Waals surface area contributed by atoms with Crippen LogP contribution in [0.4, 0.5) is 21.8 Å². The van der Waals surface area contributed by atoms with Gasteiger partial charge in [-0.2, -0.15) is 9.29 Å². The van der Waals surface area contributed by atoms with Gasteiger partial charge >= 0.3 is 0 Å². The summed E-state index contributed by atoms with van der Waals surface area (Å²) in [6, 6.07) is 15.6. The molecular formula is C23H26FN5O2S. The number of hydrogen-bond acceptors (Lipinski definition) is 6. The molecule has 1 N–H and O–H groups in total. The maximum atomic E-state index is 13.4. The van der Waals surface area contributed by atoms with Crippen molar-refractivity contribution in [1.29, 1.82) is 0 Å². The molecule has 0 bridgehead atoms. The second-order valence-electron chi connectivity index (χ2n) is 7.95. The zero-order valence-corrected chi connectivity index (χ0v) is 18.9. The number of aromatic nitrogens is 2. The van der Waals surface area contributed by atoms with Crippen LogP contribution < -0.4 is 10.2 Å². The lowest BCUT2D eigenvalue weighted by molar-refractivity contribution is 0.383. The summed E-state index contributed by atoms with van der Waals surface area (Å²) in [5, 5.41) is 3.23. The van der Waals surface area contributed by atoms with E-state index in [0.29, 0.717) is 37.7 Å². The smallest absolute Gasteiger partial charge is 0.229 e. The summed E-state index contributed by atoms with van der Waals surface area (Å²) in [7, 11) is -3.52. The number of nitrogens with zero attached hydrogens (tertiary/aromatic N) is 4. The van der Waals surface area contributed by atoms with E-state index in [1.807, 2.05) is 44.2 Å². The number of aryl methyl sites for hydroxylation is 2. The number of hydrogen-bond donors (Lipinski definition) is 1. The number of benzene rings is 2. The van der Waals surface area contributed by atoms with Gasteiger partial charge in [-0.15, -0.1) is 0 Å². The normalized spacial score (nSPS) is 15.0. The second-order valence-corrected chi connectivity index (χ2v) is 9.92. The van der Waals surface area contributed by atoms with Gasteiger partial charge in [0.15, 0.2) is 0 Å². The van der Waals surface area contributed by atoms with Gasteiger partial charge in [0, 0.05) is 43.6 Å². The van der Waals surface area contributed by atoms with E-state index >= 15 is 0 Å². The number of nitrogens with one attached hydrogen (secondary N) is 1. The van der Waals surface area contributed by atoms with Crippen molar-refractivity contribution in [2.24, 2.45) is 0 Å². The molecule has 0 amide bonds. The molecule has 0 radical (unpaired) electrons. The molecule has 1 aliphatic heterocycles. The number of halogens is 1. The van der Waals surface area contributed by atoms with Crippen LogP contribution in [0.15, 0.2) is 54.6 Å². The van der Waals surface area contributed by atoms with Crippen molar-refractivity contribution >= 4 is 27.5 Å². The van der Waals surface area contributed by atoms with Crippen LogP contribution in [0.25, 0.3) is 0 Å². The van der Waals surface area contributed by atoms with Gasteiger partial charge in [0.05, 0.1) is 5.75 Å². The summed E-state index contributed by atoms with van der Waals surface area (Å²) in [5.41, 5.74) is 3.35. The molecule has 3 aromatic rings. The fourth-order valence-electron chi connectivity index (χ4n) is 3.66.